The lowest BCUT2D eigenvalue weighted by Gasteiger charge is -2.02. The normalized spacial score (nSPS) is 10.6. The molecule has 4 nitrogen and oxygen atoms in total. The number of unbranched alkanes of at least 4 members (excludes halogenated alkanes) is 2. The van der Waals surface area contributed by atoms with Crippen LogP contribution in [0.1, 0.15) is 45.1 Å². The molecular formula is C15H22N2O2. The van der Waals surface area contributed by atoms with Crippen LogP contribution in [0, 0.1) is 0 Å². The van der Waals surface area contributed by atoms with Crippen LogP contribution in [-0.2, 0) is 4.79 Å². The van der Waals surface area contributed by atoms with Crippen LogP contribution in [0.5, 0.6) is 5.75 Å². The molecule has 0 spiro atoms. The van der Waals surface area contributed by atoms with Crippen LogP contribution < -0.4 is 10.2 Å². The highest BCUT2D eigenvalue weighted by atomic mass is 16.5. The second kappa shape index (κ2) is 9.14. The fourth-order valence-electron chi connectivity index (χ4n) is 1.59. The average Bonchev–Trinajstić information content (AvgIpc) is 2.41. The molecule has 0 radical (unpaired) electrons. The second-order valence-electron chi connectivity index (χ2n) is 4.25. The molecule has 0 heterocycles. The van der Waals surface area contributed by atoms with Crippen molar-refractivity contribution >= 4 is 12.1 Å². The smallest absolute Gasteiger partial charge is 0.240 e. The number of carbonyl (C=O) groups is 1. The SMILES string of the molecule is CCCCCC(=O)NN=Cc1ccc(OCC)cc1. The summed E-state index contributed by atoms with van der Waals surface area (Å²) < 4.78 is 5.34. The number of carbonyl (C=O) groups excluding carboxylic acids is 1. The lowest BCUT2D eigenvalue weighted by atomic mass is 10.2. The lowest BCUT2D eigenvalue weighted by molar-refractivity contribution is -0.121. The van der Waals surface area contributed by atoms with Crippen molar-refractivity contribution in [2.75, 3.05) is 6.61 Å². The fourth-order valence-corrected chi connectivity index (χ4v) is 1.59. The molecule has 1 aromatic rings. The third-order valence-electron chi connectivity index (χ3n) is 2.60. The van der Waals surface area contributed by atoms with E-state index in [0.29, 0.717) is 13.0 Å². The highest BCUT2D eigenvalue weighted by Crippen LogP contribution is 2.10. The predicted molar refractivity (Wildman–Crippen MR) is 77.5 cm³/mol. The van der Waals surface area contributed by atoms with E-state index in [1.165, 1.54) is 0 Å². The summed E-state index contributed by atoms with van der Waals surface area (Å²) in [5, 5.41) is 3.93. The molecule has 0 saturated heterocycles. The maximum atomic E-state index is 11.4. The average molecular weight is 262 g/mol. The maximum Gasteiger partial charge on any atom is 0.240 e. The van der Waals surface area contributed by atoms with E-state index in [4.69, 9.17) is 4.74 Å². The Kier molecular flexibility index (Phi) is 7.32. The van der Waals surface area contributed by atoms with Crippen molar-refractivity contribution < 1.29 is 9.53 Å². The molecule has 0 aromatic heterocycles. The molecule has 0 aliphatic rings. The van der Waals surface area contributed by atoms with Crippen LogP contribution in [0.25, 0.3) is 0 Å². The summed E-state index contributed by atoms with van der Waals surface area (Å²) in [5.41, 5.74) is 3.46. The van der Waals surface area contributed by atoms with Crippen molar-refractivity contribution in [2.24, 2.45) is 5.10 Å². The molecule has 0 unspecified atom stereocenters. The van der Waals surface area contributed by atoms with Crippen LogP contribution in [0.4, 0.5) is 0 Å². The zero-order valence-electron chi connectivity index (χ0n) is 11.7. The van der Waals surface area contributed by atoms with E-state index in [9.17, 15) is 4.79 Å². The van der Waals surface area contributed by atoms with Gasteiger partial charge in [-0.15, -0.1) is 0 Å². The van der Waals surface area contributed by atoms with E-state index in [0.717, 1.165) is 30.6 Å². The molecule has 0 saturated carbocycles. The first-order valence-electron chi connectivity index (χ1n) is 6.81. The zero-order chi connectivity index (χ0) is 13.9. The molecular weight excluding hydrogens is 240 g/mol. The van der Waals surface area contributed by atoms with E-state index in [2.05, 4.69) is 17.5 Å². The Bertz CT molecular complexity index is 399. The molecule has 1 aromatic carbocycles. The van der Waals surface area contributed by atoms with Gasteiger partial charge in [-0.2, -0.15) is 5.10 Å². The summed E-state index contributed by atoms with van der Waals surface area (Å²) in [5.74, 6) is 0.805. The van der Waals surface area contributed by atoms with E-state index < -0.39 is 0 Å². The lowest BCUT2D eigenvalue weighted by Crippen LogP contribution is -2.16. The summed E-state index contributed by atoms with van der Waals surface area (Å²) >= 11 is 0. The first-order valence-corrected chi connectivity index (χ1v) is 6.81. The van der Waals surface area contributed by atoms with Crippen molar-refractivity contribution in [3.8, 4) is 5.75 Å². The number of hydrogen-bond acceptors (Lipinski definition) is 3. The van der Waals surface area contributed by atoms with Crippen LogP contribution in [0.3, 0.4) is 0 Å². The van der Waals surface area contributed by atoms with E-state index >= 15 is 0 Å². The number of nitrogens with one attached hydrogen (secondary N) is 1. The topological polar surface area (TPSA) is 50.7 Å². The Morgan fingerprint density at radius 1 is 1.26 bits per heavy atom. The molecule has 0 aliphatic heterocycles. The molecule has 1 rings (SSSR count). The van der Waals surface area contributed by atoms with Gasteiger partial charge in [0.25, 0.3) is 0 Å². The monoisotopic (exact) mass is 262 g/mol. The molecule has 0 aliphatic carbocycles. The Morgan fingerprint density at radius 3 is 2.63 bits per heavy atom. The van der Waals surface area contributed by atoms with E-state index in [-0.39, 0.29) is 5.91 Å². The van der Waals surface area contributed by atoms with Gasteiger partial charge in [0.1, 0.15) is 5.75 Å². The first-order chi connectivity index (χ1) is 9.26. The van der Waals surface area contributed by atoms with Gasteiger partial charge in [0.2, 0.25) is 5.91 Å². The Labute approximate surface area is 114 Å². The van der Waals surface area contributed by atoms with E-state index in [1.54, 1.807) is 6.21 Å². The minimum Gasteiger partial charge on any atom is -0.494 e. The van der Waals surface area contributed by atoms with Gasteiger partial charge in [0, 0.05) is 6.42 Å². The number of hydrazone groups is 1. The zero-order valence-corrected chi connectivity index (χ0v) is 11.7. The fraction of sp³-hybridized carbons (Fsp3) is 0.467. The Balaban J connectivity index is 2.33. The van der Waals surface area contributed by atoms with Gasteiger partial charge in [-0.3, -0.25) is 4.79 Å². The molecule has 4 heteroatoms. The molecule has 1 amide bonds. The van der Waals surface area contributed by atoms with Crippen molar-refractivity contribution in [1.82, 2.24) is 5.43 Å². The van der Waals surface area contributed by atoms with Gasteiger partial charge >= 0.3 is 0 Å². The Morgan fingerprint density at radius 2 is 2.00 bits per heavy atom. The summed E-state index contributed by atoms with van der Waals surface area (Å²) in [6, 6.07) is 7.57. The molecule has 0 fully saturated rings. The standard InChI is InChI=1S/C15H22N2O2/c1-3-5-6-7-15(18)17-16-12-13-8-10-14(11-9-13)19-4-2/h8-12H,3-7H2,1-2H3,(H,17,18). The molecule has 104 valence electrons. The van der Waals surface area contributed by atoms with E-state index in [1.807, 2.05) is 31.2 Å². The van der Waals surface area contributed by atoms with Gasteiger partial charge in [-0.25, -0.2) is 5.43 Å². The van der Waals surface area contributed by atoms with Crippen molar-refractivity contribution in [2.45, 2.75) is 39.5 Å². The number of hydrogen-bond donors (Lipinski definition) is 1. The van der Waals surface area contributed by atoms with Crippen LogP contribution in [-0.4, -0.2) is 18.7 Å². The van der Waals surface area contributed by atoms with Gasteiger partial charge in [-0.05, 0) is 43.2 Å². The minimum absolute atomic E-state index is 0.0318. The predicted octanol–water partition coefficient (Wildman–Crippen LogP) is 3.12. The molecule has 19 heavy (non-hydrogen) atoms. The highest BCUT2D eigenvalue weighted by Gasteiger charge is 1.98. The maximum absolute atomic E-state index is 11.4. The molecule has 0 bridgehead atoms. The highest BCUT2D eigenvalue weighted by molar-refractivity contribution is 5.82. The summed E-state index contributed by atoms with van der Waals surface area (Å²) in [6.45, 7) is 4.71. The van der Waals surface area contributed by atoms with Crippen LogP contribution in [0.2, 0.25) is 0 Å². The largest absolute Gasteiger partial charge is 0.494 e. The molecule has 0 atom stereocenters. The minimum atomic E-state index is -0.0318. The van der Waals surface area contributed by atoms with Crippen molar-refractivity contribution in [3.63, 3.8) is 0 Å². The summed E-state index contributed by atoms with van der Waals surface area (Å²) in [6.07, 6.45) is 5.28. The van der Waals surface area contributed by atoms with Gasteiger partial charge < -0.3 is 4.74 Å². The quantitative estimate of drug-likeness (QED) is 0.444. The van der Waals surface area contributed by atoms with Crippen molar-refractivity contribution in [1.29, 1.82) is 0 Å². The number of rotatable bonds is 8. The van der Waals surface area contributed by atoms with Crippen LogP contribution in [0.15, 0.2) is 29.4 Å². The first kappa shape index (κ1) is 15.2. The third-order valence-corrected chi connectivity index (χ3v) is 2.60. The van der Waals surface area contributed by atoms with Crippen LogP contribution >= 0.6 is 0 Å². The number of nitrogens with zero attached hydrogens (tertiary/aromatic N) is 1. The van der Waals surface area contributed by atoms with Crippen molar-refractivity contribution in [3.05, 3.63) is 29.8 Å². The molecule has 1 N–H and O–H groups in total. The van der Waals surface area contributed by atoms with Gasteiger partial charge in [0.15, 0.2) is 0 Å². The number of ether oxygens (including phenoxy) is 1. The number of benzene rings is 1. The van der Waals surface area contributed by atoms with Gasteiger partial charge in [0.05, 0.1) is 12.8 Å². The summed E-state index contributed by atoms with van der Waals surface area (Å²) in [7, 11) is 0. The summed E-state index contributed by atoms with van der Waals surface area (Å²) in [4.78, 5) is 11.4. The number of amides is 1. The second-order valence-corrected chi connectivity index (χ2v) is 4.25. The Hall–Kier alpha value is -1.84. The van der Waals surface area contributed by atoms with Gasteiger partial charge in [-0.1, -0.05) is 19.8 Å². The third kappa shape index (κ3) is 6.60.